The number of fused-ring (bicyclic) bond motifs is 2. The summed E-state index contributed by atoms with van der Waals surface area (Å²) in [6.07, 6.45) is 8.20. The number of hydrogen-bond donors (Lipinski definition) is 0. The standard InChI is InChI=1S/C29H27FN6/c1-31-22-5-6-23(25(30)15-22)28-24-10-13-36(18-19-8-11-34(2)12-9-19)27(24)17-32-29(28)20-4-7-26-21(14-20)16-33-35(26)3/h4-7,10,13-17,19H,8-9,11-12,18H2,2-3H3. The lowest BCUT2D eigenvalue weighted by Crippen LogP contribution is -2.31. The maximum Gasteiger partial charge on any atom is 0.190 e. The molecule has 0 radical (unpaired) electrons. The first-order valence-corrected chi connectivity index (χ1v) is 12.3. The molecule has 1 fully saturated rings. The van der Waals surface area contributed by atoms with Crippen LogP contribution in [0.25, 0.3) is 49.0 Å². The van der Waals surface area contributed by atoms with E-state index < -0.39 is 5.82 Å². The summed E-state index contributed by atoms with van der Waals surface area (Å²) < 4.78 is 19.5. The van der Waals surface area contributed by atoms with E-state index in [4.69, 9.17) is 11.6 Å². The number of rotatable bonds is 4. The fraction of sp³-hybridized carbons (Fsp3) is 0.276. The van der Waals surface area contributed by atoms with Crippen LogP contribution in [-0.4, -0.2) is 44.4 Å². The van der Waals surface area contributed by atoms with Gasteiger partial charge in [0.2, 0.25) is 0 Å². The Balaban J connectivity index is 1.52. The zero-order chi connectivity index (χ0) is 24.8. The number of aromatic nitrogens is 4. The van der Waals surface area contributed by atoms with Crippen LogP contribution in [0.1, 0.15) is 12.8 Å². The van der Waals surface area contributed by atoms with E-state index in [-0.39, 0.29) is 5.69 Å². The zero-order valence-corrected chi connectivity index (χ0v) is 20.4. The lowest BCUT2D eigenvalue weighted by Gasteiger charge is -2.29. The Morgan fingerprint density at radius 1 is 1.03 bits per heavy atom. The molecule has 6 nitrogen and oxygen atoms in total. The van der Waals surface area contributed by atoms with Gasteiger partial charge in [-0.3, -0.25) is 9.67 Å². The van der Waals surface area contributed by atoms with Crippen molar-refractivity contribution in [2.75, 3.05) is 20.1 Å². The summed E-state index contributed by atoms with van der Waals surface area (Å²) >= 11 is 0. The highest BCUT2D eigenvalue weighted by molar-refractivity contribution is 6.02. The molecular weight excluding hydrogens is 451 g/mol. The Kier molecular flexibility index (Phi) is 5.54. The normalized spacial score (nSPS) is 15.1. The predicted molar refractivity (Wildman–Crippen MR) is 141 cm³/mol. The molecule has 0 saturated carbocycles. The molecule has 3 aromatic heterocycles. The third-order valence-corrected chi connectivity index (χ3v) is 7.49. The topological polar surface area (TPSA) is 43.2 Å². The van der Waals surface area contributed by atoms with Crippen molar-refractivity contribution in [2.24, 2.45) is 13.0 Å². The fourth-order valence-corrected chi connectivity index (χ4v) is 5.42. The minimum Gasteiger partial charge on any atom is -0.346 e. The number of aryl methyl sites for hydroxylation is 1. The van der Waals surface area contributed by atoms with Crippen molar-refractivity contribution in [3.05, 3.63) is 78.3 Å². The minimum absolute atomic E-state index is 0.287. The summed E-state index contributed by atoms with van der Waals surface area (Å²) in [7, 11) is 4.09. The average Bonchev–Trinajstić information content (AvgIpc) is 3.48. The Morgan fingerprint density at radius 2 is 1.86 bits per heavy atom. The summed E-state index contributed by atoms with van der Waals surface area (Å²) in [5.74, 6) is 0.201. The smallest absolute Gasteiger partial charge is 0.190 e. The Hall–Kier alpha value is -4.02. The van der Waals surface area contributed by atoms with Crippen LogP contribution in [0.3, 0.4) is 0 Å². The molecule has 1 saturated heterocycles. The average molecular weight is 479 g/mol. The maximum atomic E-state index is 15.4. The van der Waals surface area contributed by atoms with Gasteiger partial charge in [0.25, 0.3) is 0 Å². The molecule has 0 amide bonds. The SMILES string of the molecule is [C-]#[N+]c1ccc(-c2c(-c3ccc4c(cnn4C)c3)ncc3c2ccn3CC2CCN(C)CC2)c(F)c1. The molecule has 6 rings (SSSR count). The minimum atomic E-state index is -0.412. The van der Waals surface area contributed by atoms with Gasteiger partial charge < -0.3 is 9.47 Å². The molecule has 0 N–H and O–H groups in total. The van der Waals surface area contributed by atoms with E-state index in [0.29, 0.717) is 11.5 Å². The summed E-state index contributed by atoms with van der Waals surface area (Å²) in [5.41, 5.74) is 5.16. The van der Waals surface area contributed by atoms with Crippen LogP contribution in [0.4, 0.5) is 10.1 Å². The molecule has 0 bridgehead atoms. The van der Waals surface area contributed by atoms with Crippen LogP contribution in [0, 0.1) is 18.3 Å². The van der Waals surface area contributed by atoms with Gasteiger partial charge in [-0.05, 0) is 63.2 Å². The second kappa shape index (κ2) is 8.89. The number of likely N-dealkylation sites (tertiary alicyclic amines) is 1. The van der Waals surface area contributed by atoms with E-state index in [2.05, 4.69) is 44.8 Å². The molecule has 1 aliphatic rings. The van der Waals surface area contributed by atoms with Gasteiger partial charge in [0.05, 0.1) is 35.7 Å². The predicted octanol–water partition coefficient (Wildman–Crippen LogP) is 6.29. The van der Waals surface area contributed by atoms with Gasteiger partial charge in [-0.1, -0.05) is 18.2 Å². The number of halogens is 1. The Labute approximate surface area is 209 Å². The van der Waals surface area contributed by atoms with Crippen LogP contribution in [-0.2, 0) is 13.6 Å². The molecular formula is C29H27FN6. The molecule has 5 aromatic rings. The quantitative estimate of drug-likeness (QED) is 0.285. The largest absolute Gasteiger partial charge is 0.346 e. The van der Waals surface area contributed by atoms with E-state index in [0.717, 1.165) is 58.3 Å². The first-order chi connectivity index (χ1) is 17.5. The van der Waals surface area contributed by atoms with Gasteiger partial charge in [-0.2, -0.15) is 5.10 Å². The maximum absolute atomic E-state index is 15.4. The van der Waals surface area contributed by atoms with Gasteiger partial charge in [0.15, 0.2) is 5.69 Å². The number of hydrogen-bond acceptors (Lipinski definition) is 3. The van der Waals surface area contributed by atoms with Crippen molar-refractivity contribution in [3.8, 4) is 22.4 Å². The van der Waals surface area contributed by atoms with Gasteiger partial charge in [-0.15, -0.1) is 0 Å². The van der Waals surface area contributed by atoms with Crippen molar-refractivity contribution in [1.82, 2.24) is 24.2 Å². The van der Waals surface area contributed by atoms with Crippen LogP contribution in [0.5, 0.6) is 0 Å². The lowest BCUT2D eigenvalue weighted by atomic mass is 9.95. The van der Waals surface area contributed by atoms with Crippen LogP contribution in [0.15, 0.2) is 61.1 Å². The Bertz CT molecular complexity index is 1630. The number of pyridine rings is 1. The number of piperidine rings is 1. The molecule has 180 valence electrons. The molecule has 7 heteroatoms. The summed E-state index contributed by atoms with van der Waals surface area (Å²) in [6.45, 7) is 10.4. The molecule has 0 unspecified atom stereocenters. The second-order valence-corrected chi connectivity index (χ2v) is 9.81. The monoisotopic (exact) mass is 478 g/mol. The second-order valence-electron chi connectivity index (χ2n) is 9.81. The van der Waals surface area contributed by atoms with E-state index >= 15 is 4.39 Å². The first kappa shape index (κ1) is 22.4. The third-order valence-electron chi connectivity index (χ3n) is 7.49. The van der Waals surface area contributed by atoms with Crippen LogP contribution < -0.4 is 0 Å². The zero-order valence-electron chi connectivity index (χ0n) is 20.4. The summed E-state index contributed by atoms with van der Waals surface area (Å²) in [4.78, 5) is 10.7. The van der Waals surface area contributed by atoms with Crippen molar-refractivity contribution in [2.45, 2.75) is 19.4 Å². The highest BCUT2D eigenvalue weighted by atomic mass is 19.1. The lowest BCUT2D eigenvalue weighted by molar-refractivity contribution is 0.206. The molecule has 1 aliphatic heterocycles. The van der Waals surface area contributed by atoms with Crippen LogP contribution in [0.2, 0.25) is 0 Å². The molecule has 0 spiro atoms. The van der Waals surface area contributed by atoms with Crippen molar-refractivity contribution in [3.63, 3.8) is 0 Å². The highest BCUT2D eigenvalue weighted by Gasteiger charge is 2.22. The van der Waals surface area contributed by atoms with Crippen molar-refractivity contribution in [1.29, 1.82) is 0 Å². The van der Waals surface area contributed by atoms with E-state index in [1.54, 1.807) is 12.1 Å². The van der Waals surface area contributed by atoms with Gasteiger partial charge in [-0.25, -0.2) is 9.24 Å². The fourth-order valence-electron chi connectivity index (χ4n) is 5.42. The molecule has 36 heavy (non-hydrogen) atoms. The van der Waals surface area contributed by atoms with Gasteiger partial charge in [0.1, 0.15) is 5.82 Å². The van der Waals surface area contributed by atoms with Gasteiger partial charge in [0, 0.05) is 47.3 Å². The summed E-state index contributed by atoms with van der Waals surface area (Å²) in [6, 6.07) is 12.9. The van der Waals surface area contributed by atoms with Crippen LogP contribution >= 0.6 is 0 Å². The summed E-state index contributed by atoms with van der Waals surface area (Å²) in [5, 5.41) is 6.33. The van der Waals surface area contributed by atoms with Crippen molar-refractivity contribution < 1.29 is 4.39 Å². The highest BCUT2D eigenvalue weighted by Crippen LogP contribution is 2.40. The van der Waals surface area contributed by atoms with E-state index in [1.165, 1.54) is 18.9 Å². The number of nitrogens with zero attached hydrogens (tertiary/aromatic N) is 6. The molecule has 4 heterocycles. The molecule has 0 aliphatic carbocycles. The Morgan fingerprint density at radius 3 is 2.64 bits per heavy atom. The van der Waals surface area contributed by atoms with E-state index in [9.17, 15) is 0 Å². The first-order valence-electron chi connectivity index (χ1n) is 12.3. The van der Waals surface area contributed by atoms with Crippen molar-refractivity contribution >= 4 is 27.5 Å². The third kappa shape index (κ3) is 3.84. The molecule has 0 atom stereocenters. The molecule has 2 aromatic carbocycles. The van der Waals surface area contributed by atoms with E-state index in [1.807, 2.05) is 36.3 Å². The van der Waals surface area contributed by atoms with Gasteiger partial charge >= 0.3 is 0 Å². The number of benzene rings is 2.